The number of hydrogen-bond acceptors (Lipinski definition) is 3. The molecule has 0 aromatic heterocycles. The summed E-state index contributed by atoms with van der Waals surface area (Å²) in [6.07, 6.45) is -0.923. The number of benzene rings is 2. The van der Waals surface area contributed by atoms with Crippen molar-refractivity contribution in [3.63, 3.8) is 0 Å². The Hall–Kier alpha value is -2.28. The van der Waals surface area contributed by atoms with E-state index >= 15 is 0 Å². The van der Waals surface area contributed by atoms with Gasteiger partial charge >= 0.3 is 0 Å². The number of halogens is 2. The Labute approximate surface area is 157 Å². The van der Waals surface area contributed by atoms with E-state index in [9.17, 15) is 22.0 Å². The molecule has 0 radical (unpaired) electrons. The fourth-order valence-electron chi connectivity index (χ4n) is 3.16. The van der Waals surface area contributed by atoms with Gasteiger partial charge in [-0.1, -0.05) is 49.4 Å². The van der Waals surface area contributed by atoms with Crippen LogP contribution in [0.25, 0.3) is 11.1 Å². The number of nitrogens with one attached hydrogen (secondary N) is 1. The zero-order chi connectivity index (χ0) is 19.7. The molecule has 144 valence electrons. The lowest BCUT2D eigenvalue weighted by molar-refractivity contribution is -0.135. The van der Waals surface area contributed by atoms with Crippen molar-refractivity contribution in [3.8, 4) is 11.1 Å². The van der Waals surface area contributed by atoms with E-state index in [1.807, 2.05) is 30.3 Å². The van der Waals surface area contributed by atoms with Crippen LogP contribution >= 0.6 is 0 Å². The van der Waals surface area contributed by atoms with Gasteiger partial charge in [0.25, 0.3) is 10.0 Å². The number of rotatable bonds is 4. The fraction of sp³-hybridized carbons (Fsp3) is 0.350. The topological polar surface area (TPSA) is 63.2 Å². The molecular weight excluding hydrogens is 372 g/mol. The first-order valence-electron chi connectivity index (χ1n) is 8.72. The quantitative estimate of drug-likeness (QED) is 0.839. The van der Waals surface area contributed by atoms with Crippen molar-refractivity contribution in [3.05, 3.63) is 54.6 Å². The minimum absolute atomic E-state index is 0.0414. The molecule has 3 rings (SSSR count). The lowest BCUT2D eigenvalue weighted by Crippen LogP contribution is -2.45. The summed E-state index contributed by atoms with van der Waals surface area (Å²) in [6, 6.07) is 15.7. The Morgan fingerprint density at radius 3 is 1.96 bits per heavy atom. The molecule has 1 amide bonds. The number of carbonyl (C=O) groups is 1. The maximum Gasteiger partial charge on any atom is 0.264 e. The van der Waals surface area contributed by atoms with E-state index in [4.69, 9.17) is 0 Å². The molecule has 1 saturated carbocycles. The van der Waals surface area contributed by atoms with Crippen molar-refractivity contribution < 1.29 is 22.0 Å². The summed E-state index contributed by atoms with van der Waals surface area (Å²) in [7, 11) is -4.06. The van der Waals surface area contributed by atoms with Crippen LogP contribution in [0.3, 0.4) is 0 Å². The number of hydrogen-bond donors (Lipinski definition) is 1. The molecule has 2 aromatic carbocycles. The second-order valence-corrected chi connectivity index (χ2v) is 8.92. The summed E-state index contributed by atoms with van der Waals surface area (Å²) in [5, 5.41) is 0. The molecule has 1 N–H and O–H groups in total. The molecule has 0 saturated heterocycles. The van der Waals surface area contributed by atoms with Crippen LogP contribution in [0.1, 0.15) is 32.6 Å². The van der Waals surface area contributed by atoms with Gasteiger partial charge in [0.2, 0.25) is 11.8 Å². The highest BCUT2D eigenvalue weighted by molar-refractivity contribution is 7.90. The van der Waals surface area contributed by atoms with Gasteiger partial charge < -0.3 is 0 Å². The lowest BCUT2D eigenvalue weighted by atomic mass is 9.74. The van der Waals surface area contributed by atoms with Gasteiger partial charge in [-0.25, -0.2) is 21.9 Å². The number of sulfonamides is 1. The van der Waals surface area contributed by atoms with E-state index < -0.39 is 40.1 Å². The Morgan fingerprint density at radius 2 is 1.41 bits per heavy atom. The molecule has 27 heavy (non-hydrogen) atoms. The van der Waals surface area contributed by atoms with Gasteiger partial charge in [-0.3, -0.25) is 4.79 Å². The fourth-order valence-corrected chi connectivity index (χ4v) is 4.26. The van der Waals surface area contributed by atoms with Gasteiger partial charge in [-0.15, -0.1) is 0 Å². The molecule has 0 atom stereocenters. The normalized spacial score (nSPS) is 18.6. The van der Waals surface area contributed by atoms with Crippen molar-refractivity contribution in [1.82, 2.24) is 4.72 Å². The summed E-state index contributed by atoms with van der Waals surface area (Å²) >= 11 is 0. The minimum atomic E-state index is -4.06. The van der Waals surface area contributed by atoms with E-state index in [0.717, 1.165) is 11.1 Å². The zero-order valence-corrected chi connectivity index (χ0v) is 15.7. The maximum atomic E-state index is 13.3. The predicted octanol–water partition coefficient (Wildman–Crippen LogP) is 4.37. The van der Waals surface area contributed by atoms with Gasteiger partial charge in [0, 0.05) is 18.3 Å². The summed E-state index contributed by atoms with van der Waals surface area (Å²) in [5.41, 5.74) is 0.683. The second kappa shape index (κ2) is 7.03. The lowest BCUT2D eigenvalue weighted by Gasteiger charge is -2.35. The molecule has 0 heterocycles. The molecule has 0 spiro atoms. The molecule has 7 heteroatoms. The molecule has 0 bridgehead atoms. The van der Waals surface area contributed by atoms with Crippen molar-refractivity contribution in [2.75, 3.05) is 0 Å². The number of amides is 1. The van der Waals surface area contributed by atoms with Gasteiger partial charge in [-0.05, 0) is 36.1 Å². The van der Waals surface area contributed by atoms with Crippen molar-refractivity contribution >= 4 is 15.9 Å². The van der Waals surface area contributed by atoms with Crippen LogP contribution in [0.15, 0.2) is 59.5 Å². The molecular formula is C20H21F2NO3S. The van der Waals surface area contributed by atoms with Gasteiger partial charge in [0.15, 0.2) is 0 Å². The molecule has 1 aliphatic carbocycles. The maximum absolute atomic E-state index is 13.3. The van der Waals surface area contributed by atoms with Crippen LogP contribution < -0.4 is 4.72 Å². The van der Waals surface area contributed by atoms with Crippen molar-refractivity contribution in [1.29, 1.82) is 0 Å². The average Bonchev–Trinajstić information content (AvgIpc) is 2.65. The van der Waals surface area contributed by atoms with Crippen LogP contribution in [-0.4, -0.2) is 20.2 Å². The third-order valence-corrected chi connectivity index (χ3v) is 6.48. The minimum Gasteiger partial charge on any atom is -0.273 e. The van der Waals surface area contributed by atoms with Crippen molar-refractivity contribution in [2.24, 2.45) is 5.41 Å². The molecule has 1 fully saturated rings. The van der Waals surface area contributed by atoms with E-state index in [2.05, 4.69) is 4.72 Å². The largest absolute Gasteiger partial charge is 0.273 e. The number of alkyl halides is 2. The van der Waals surface area contributed by atoms with Crippen LogP contribution in [-0.2, 0) is 14.8 Å². The molecule has 0 unspecified atom stereocenters. The Morgan fingerprint density at radius 1 is 0.889 bits per heavy atom. The molecule has 1 aliphatic rings. The zero-order valence-electron chi connectivity index (χ0n) is 14.9. The van der Waals surface area contributed by atoms with E-state index in [1.165, 1.54) is 19.1 Å². The molecule has 0 aliphatic heterocycles. The SMILES string of the molecule is CC1(C(=O)NS(=O)(=O)c2ccc(-c3ccccc3)cc2)CCC(F)(F)CC1. The van der Waals surface area contributed by atoms with Crippen LogP contribution in [0.4, 0.5) is 8.78 Å². The van der Waals surface area contributed by atoms with Crippen LogP contribution in [0.5, 0.6) is 0 Å². The summed E-state index contributed by atoms with van der Waals surface area (Å²) in [4.78, 5) is 12.4. The van der Waals surface area contributed by atoms with Gasteiger partial charge in [-0.2, -0.15) is 0 Å². The summed E-state index contributed by atoms with van der Waals surface area (Å²) in [6.45, 7) is 1.53. The highest BCUT2D eigenvalue weighted by Gasteiger charge is 2.45. The summed E-state index contributed by atoms with van der Waals surface area (Å²) in [5.74, 6) is -3.52. The third kappa shape index (κ3) is 4.35. The standard InChI is InChI=1S/C20H21F2NO3S/c1-19(11-13-20(21,22)14-12-19)18(24)23-27(25,26)17-9-7-16(8-10-17)15-5-3-2-4-6-15/h2-10H,11-14H2,1H3,(H,23,24). The first kappa shape index (κ1) is 19.5. The first-order valence-corrected chi connectivity index (χ1v) is 10.2. The second-order valence-electron chi connectivity index (χ2n) is 7.24. The highest BCUT2D eigenvalue weighted by atomic mass is 32.2. The molecule has 2 aromatic rings. The Bertz CT molecular complexity index is 915. The molecule has 4 nitrogen and oxygen atoms in total. The smallest absolute Gasteiger partial charge is 0.264 e. The van der Waals surface area contributed by atoms with Gasteiger partial charge in [0.1, 0.15) is 0 Å². The van der Waals surface area contributed by atoms with Crippen LogP contribution in [0, 0.1) is 5.41 Å². The monoisotopic (exact) mass is 393 g/mol. The van der Waals surface area contributed by atoms with Crippen LogP contribution in [0.2, 0.25) is 0 Å². The first-order chi connectivity index (χ1) is 12.6. The Balaban J connectivity index is 1.74. The Kier molecular flexibility index (Phi) is 5.08. The van der Waals surface area contributed by atoms with Gasteiger partial charge in [0.05, 0.1) is 4.90 Å². The van der Waals surface area contributed by atoms with E-state index in [-0.39, 0.29) is 17.7 Å². The van der Waals surface area contributed by atoms with Crippen molar-refractivity contribution in [2.45, 2.75) is 43.4 Å². The summed E-state index contributed by atoms with van der Waals surface area (Å²) < 4.78 is 53.8. The van der Waals surface area contributed by atoms with E-state index in [0.29, 0.717) is 0 Å². The predicted molar refractivity (Wildman–Crippen MR) is 98.7 cm³/mol. The third-order valence-electron chi connectivity index (χ3n) is 5.13. The highest BCUT2D eigenvalue weighted by Crippen LogP contribution is 2.43. The average molecular weight is 393 g/mol. The number of carbonyl (C=O) groups excluding carboxylic acids is 1. The van der Waals surface area contributed by atoms with E-state index in [1.54, 1.807) is 12.1 Å².